The monoisotopic (exact) mass is 986 g/mol. The van der Waals surface area contributed by atoms with Gasteiger partial charge in [-0.3, -0.25) is 19.2 Å². The average Bonchev–Trinajstić information content (AvgIpc) is 4.06. The van der Waals surface area contributed by atoms with Crippen molar-refractivity contribution in [3.05, 3.63) is 0 Å². The highest BCUT2D eigenvalue weighted by Crippen LogP contribution is 2.32. The lowest BCUT2D eigenvalue weighted by molar-refractivity contribution is -0.141. The molecule has 24 heteroatoms. The number of tetrazole rings is 2. The van der Waals surface area contributed by atoms with Crippen LogP contribution < -0.4 is 21.3 Å². The number of hydrogen-bond acceptors (Lipinski definition) is 16. The molecule has 2 saturated heterocycles. The molecule has 364 valence electrons. The molecule has 7 atom stereocenters. The van der Waals surface area contributed by atoms with Crippen molar-refractivity contribution in [1.29, 1.82) is 0 Å². The number of likely N-dealkylation sites (N-methyl/N-ethyl adjacent to an activating group) is 2. The Kier molecular flexibility index (Phi) is 24.0. The van der Waals surface area contributed by atoms with Gasteiger partial charge in [0.15, 0.2) is 0 Å². The van der Waals surface area contributed by atoms with Gasteiger partial charge in [-0.15, -0.1) is 35.0 Å². The predicted octanol–water partition coefficient (Wildman–Crippen LogP) is 1.58. The van der Waals surface area contributed by atoms with E-state index in [0.717, 1.165) is 25.7 Å². The molecule has 65 heavy (non-hydrogen) atoms. The Balaban J connectivity index is 0.00000726. The molecule has 4 rings (SSSR count). The molecule has 4 N–H and O–H groups in total. The predicted molar refractivity (Wildman–Crippen MR) is 254 cm³/mol. The van der Waals surface area contributed by atoms with Gasteiger partial charge in [-0.1, -0.05) is 76.9 Å². The summed E-state index contributed by atoms with van der Waals surface area (Å²) in [6, 6.07) is -3.30. The first-order chi connectivity index (χ1) is 29.8. The van der Waals surface area contributed by atoms with Crippen LogP contribution in [0.25, 0.3) is 0 Å². The topological polar surface area (TPSA) is 229 Å². The van der Waals surface area contributed by atoms with Crippen LogP contribution in [0.15, 0.2) is 10.3 Å². The van der Waals surface area contributed by atoms with Crippen molar-refractivity contribution in [3.8, 4) is 23.7 Å². The Morgan fingerprint density at radius 3 is 1.66 bits per heavy atom. The molecular formula is C41H68Cl2N14O6S2. The Bertz CT molecular complexity index is 1970. The summed E-state index contributed by atoms with van der Waals surface area (Å²) in [5.41, 5.74) is 0. The van der Waals surface area contributed by atoms with Gasteiger partial charge in [-0.2, -0.15) is 0 Å². The van der Waals surface area contributed by atoms with E-state index in [0.29, 0.717) is 36.5 Å². The minimum Gasteiger partial charge on any atom is -0.366 e. The second kappa shape index (κ2) is 27.2. The third kappa shape index (κ3) is 18.1. The largest absolute Gasteiger partial charge is 0.366 e. The second-order valence-corrected chi connectivity index (χ2v) is 21.2. The molecule has 2 aromatic rings. The Morgan fingerprint density at radius 1 is 0.723 bits per heavy atom. The maximum atomic E-state index is 14.1. The van der Waals surface area contributed by atoms with Crippen LogP contribution in [-0.2, 0) is 41.7 Å². The maximum absolute atomic E-state index is 14.1. The number of nitrogens with one attached hydrogen (secondary N) is 4. The fraction of sp³-hybridized carbons (Fsp3) is 0.756. The lowest BCUT2D eigenvalue weighted by atomic mass is 10.1. The first-order valence-corrected chi connectivity index (χ1v) is 23.1. The molecule has 4 heterocycles. The van der Waals surface area contributed by atoms with Crippen LogP contribution in [0.5, 0.6) is 0 Å². The zero-order valence-corrected chi connectivity index (χ0v) is 42.6. The molecule has 2 aliphatic heterocycles. The molecule has 0 unspecified atom stereocenters. The summed E-state index contributed by atoms with van der Waals surface area (Å²) >= 11 is 3.11. The molecule has 20 nitrogen and oxygen atoms in total. The number of thioether (sulfide) groups is 2. The van der Waals surface area contributed by atoms with Gasteiger partial charge in [0.1, 0.15) is 25.3 Å². The van der Waals surface area contributed by atoms with Crippen molar-refractivity contribution >= 4 is 72.0 Å². The van der Waals surface area contributed by atoms with Gasteiger partial charge in [-0.05, 0) is 93.2 Å². The van der Waals surface area contributed by atoms with Crippen LogP contribution in [-0.4, -0.2) is 173 Å². The molecule has 0 saturated carbocycles. The number of carbonyl (C=O) groups excluding carboxylic acids is 4. The molecule has 0 aliphatic carbocycles. The zero-order valence-electron chi connectivity index (χ0n) is 39.4. The third-order valence-electron chi connectivity index (χ3n) is 10.3. The highest BCUT2D eigenvalue weighted by molar-refractivity contribution is 8.00. The van der Waals surface area contributed by atoms with Crippen LogP contribution in [0.3, 0.4) is 0 Å². The highest BCUT2D eigenvalue weighted by atomic mass is 35.5. The summed E-state index contributed by atoms with van der Waals surface area (Å²) < 4.78 is 15.0. The van der Waals surface area contributed by atoms with Crippen LogP contribution >= 0.6 is 48.3 Å². The molecule has 0 aromatic carbocycles. The minimum atomic E-state index is -0.972. The van der Waals surface area contributed by atoms with Gasteiger partial charge in [0.2, 0.25) is 33.9 Å². The first kappa shape index (κ1) is 57.4. The third-order valence-corrected chi connectivity index (χ3v) is 12.5. The van der Waals surface area contributed by atoms with Crippen LogP contribution in [0.2, 0.25) is 0 Å². The van der Waals surface area contributed by atoms with Gasteiger partial charge in [-0.25, -0.2) is 9.36 Å². The number of likely N-dealkylation sites (tertiary alicyclic amines) is 2. The number of carbonyl (C=O) groups is 4. The Hall–Kier alpha value is -3.74. The van der Waals surface area contributed by atoms with Crippen LogP contribution in [0, 0.1) is 23.7 Å². The van der Waals surface area contributed by atoms with Crippen molar-refractivity contribution in [2.75, 3.05) is 47.0 Å². The van der Waals surface area contributed by atoms with E-state index in [-0.39, 0.29) is 89.8 Å². The van der Waals surface area contributed by atoms with Gasteiger partial charge >= 0.3 is 0 Å². The van der Waals surface area contributed by atoms with Gasteiger partial charge in [0.25, 0.3) is 0 Å². The summed E-state index contributed by atoms with van der Waals surface area (Å²) in [5.74, 6) is 9.96. The molecule has 0 bridgehead atoms. The fourth-order valence-corrected chi connectivity index (χ4v) is 8.46. The summed E-state index contributed by atoms with van der Waals surface area (Å²) in [6.45, 7) is 19.4. The number of rotatable bonds is 20. The van der Waals surface area contributed by atoms with Crippen molar-refractivity contribution in [2.45, 2.75) is 163 Å². The van der Waals surface area contributed by atoms with E-state index in [9.17, 15) is 19.2 Å². The van der Waals surface area contributed by atoms with Gasteiger partial charge < -0.3 is 40.5 Å². The lowest BCUT2D eigenvalue weighted by Gasteiger charge is -2.32. The second-order valence-electron chi connectivity index (χ2n) is 17.6. The number of ether oxygens (including phenoxy) is 2. The van der Waals surface area contributed by atoms with E-state index in [1.54, 1.807) is 77.6 Å². The van der Waals surface area contributed by atoms with E-state index < -0.39 is 30.3 Å². The number of nitrogens with zero attached hydrogens (tertiary/aromatic N) is 10. The molecule has 0 radical (unpaired) electrons. The minimum absolute atomic E-state index is 0. The van der Waals surface area contributed by atoms with E-state index >= 15 is 0 Å². The van der Waals surface area contributed by atoms with Crippen LogP contribution in [0.1, 0.15) is 88.0 Å². The maximum Gasteiger partial charge on any atom is 0.248 e. The average molecular weight is 988 g/mol. The van der Waals surface area contributed by atoms with Gasteiger partial charge in [0.05, 0.1) is 50.0 Å². The normalized spacial score (nSPS) is 18.4. The van der Waals surface area contributed by atoms with Crippen molar-refractivity contribution in [1.82, 2.24) is 71.5 Å². The summed E-state index contributed by atoms with van der Waals surface area (Å²) in [4.78, 5) is 57.6. The number of halogens is 2. The van der Waals surface area contributed by atoms with E-state index in [1.165, 1.54) is 0 Å². The summed E-state index contributed by atoms with van der Waals surface area (Å²) in [6.07, 6.45) is 2.43. The zero-order chi connectivity index (χ0) is 46.3. The standard InChI is InChI=1S/C41H66N14O6S2.2ClH/c1-27(42-10)34(56)44-32(36(58)52-20-16-18-30(52)24-54-38(46-48-50-54)62-40(4,5)6)26-60-22-14-12-13-15-23-61-29(3)33(45-35(57)28(2)43-11)37(59)53-21-17-19-31(53)25-55-39(47-49-51-55)63-41(7,8)9;;/h27-33,42-43H,16-26H2,1-11H3,(H,44,56)(H,45,57);2*1H/t27-,28+,29-,30-,31+,32-,33+;;/m1../s1. The van der Waals surface area contributed by atoms with E-state index in [2.05, 4.69) is 118 Å². The number of hydrogen-bond donors (Lipinski definition) is 4. The molecule has 4 amide bonds. The molecule has 2 aliphatic rings. The van der Waals surface area contributed by atoms with Crippen molar-refractivity contribution < 1.29 is 28.7 Å². The lowest BCUT2D eigenvalue weighted by Crippen LogP contribution is -2.58. The number of amides is 4. The van der Waals surface area contributed by atoms with E-state index in [4.69, 9.17) is 9.47 Å². The molecular weight excluding hydrogens is 920 g/mol. The van der Waals surface area contributed by atoms with Crippen molar-refractivity contribution in [2.24, 2.45) is 0 Å². The van der Waals surface area contributed by atoms with Gasteiger partial charge in [0, 0.05) is 22.6 Å². The SMILES string of the molecule is CN[C@@H](C)C(=O)N[C@H](C(=O)N1CCC[C@H]1Cn1nnnc1SC(C)(C)C)[C@@H](C)OCC#CC#CCOC[C@@H](NC(=O)[C@@H](C)NC)C(=O)N1CCC[C@@H]1Cn1nnnc1SC(C)(C)C.Cl.Cl. The first-order valence-electron chi connectivity index (χ1n) is 21.4. The molecule has 2 aromatic heterocycles. The van der Waals surface area contributed by atoms with Crippen molar-refractivity contribution in [3.63, 3.8) is 0 Å². The Labute approximate surface area is 404 Å². The molecule has 0 spiro atoms. The smallest absolute Gasteiger partial charge is 0.248 e. The summed E-state index contributed by atoms with van der Waals surface area (Å²) in [5, 5.41) is 37.4. The fourth-order valence-electron chi connectivity index (χ4n) is 6.77. The number of aromatic nitrogens is 8. The molecule has 2 fully saturated rings. The van der Waals surface area contributed by atoms with Crippen LogP contribution in [0.4, 0.5) is 0 Å². The Morgan fingerprint density at radius 2 is 1.18 bits per heavy atom. The highest BCUT2D eigenvalue weighted by Gasteiger charge is 2.39. The quantitative estimate of drug-likeness (QED) is 0.0839. The van der Waals surface area contributed by atoms with E-state index in [1.807, 2.05) is 0 Å². The summed E-state index contributed by atoms with van der Waals surface area (Å²) in [7, 11) is 3.34.